The van der Waals surface area contributed by atoms with Gasteiger partial charge in [-0.2, -0.15) is 12.6 Å². The Labute approximate surface area is 168 Å². The van der Waals surface area contributed by atoms with Crippen molar-refractivity contribution in [3.8, 4) is 0 Å². The van der Waals surface area contributed by atoms with E-state index in [-0.39, 0.29) is 18.1 Å². The third-order valence-corrected chi connectivity index (χ3v) is 3.93. The molecule has 0 aromatic heterocycles. The first-order valence-electron chi connectivity index (χ1n) is 8.61. The SMILES string of the molecule is CC(C)CC(NC(=O)C(C)N)C(=O)NC(CC(=O)O)C(=O)NC(CS)C(=O)O. The maximum absolute atomic E-state index is 12.6. The molecule has 0 spiro atoms. The molecule has 0 aromatic carbocycles. The third kappa shape index (κ3) is 9.55. The van der Waals surface area contributed by atoms with Crippen LogP contribution in [0.5, 0.6) is 0 Å². The van der Waals surface area contributed by atoms with Crippen LogP contribution < -0.4 is 21.7 Å². The molecule has 0 aliphatic heterocycles. The molecular formula is C16H28N4O7S. The Bertz CT molecular complexity index is 598. The van der Waals surface area contributed by atoms with Crippen LogP contribution in [0.15, 0.2) is 0 Å². The van der Waals surface area contributed by atoms with Gasteiger partial charge < -0.3 is 31.9 Å². The molecule has 0 saturated carbocycles. The van der Waals surface area contributed by atoms with Gasteiger partial charge in [-0.15, -0.1) is 0 Å². The highest BCUT2D eigenvalue weighted by atomic mass is 32.1. The molecule has 0 aliphatic rings. The molecule has 4 atom stereocenters. The van der Waals surface area contributed by atoms with Crippen molar-refractivity contribution in [1.82, 2.24) is 16.0 Å². The first kappa shape index (κ1) is 25.7. The number of aliphatic carboxylic acids is 2. The Morgan fingerprint density at radius 3 is 1.71 bits per heavy atom. The molecule has 28 heavy (non-hydrogen) atoms. The molecule has 0 saturated heterocycles. The normalized spacial score (nSPS) is 15.1. The van der Waals surface area contributed by atoms with E-state index in [0.717, 1.165) is 0 Å². The van der Waals surface area contributed by atoms with Gasteiger partial charge in [0.15, 0.2) is 0 Å². The number of thiol groups is 1. The maximum Gasteiger partial charge on any atom is 0.327 e. The highest BCUT2D eigenvalue weighted by Gasteiger charge is 2.31. The first-order valence-corrected chi connectivity index (χ1v) is 9.24. The lowest BCUT2D eigenvalue weighted by molar-refractivity contribution is -0.143. The summed E-state index contributed by atoms with van der Waals surface area (Å²) in [6, 6.07) is -4.79. The summed E-state index contributed by atoms with van der Waals surface area (Å²) in [6.07, 6.45) is -0.549. The van der Waals surface area contributed by atoms with Crippen molar-refractivity contribution in [3.05, 3.63) is 0 Å². The van der Waals surface area contributed by atoms with Crippen LogP contribution in [0, 0.1) is 5.92 Å². The number of carbonyl (C=O) groups excluding carboxylic acids is 3. The van der Waals surface area contributed by atoms with Gasteiger partial charge in [0.05, 0.1) is 12.5 Å². The number of carboxylic acid groups (broad SMARTS) is 2. The van der Waals surface area contributed by atoms with Crippen LogP contribution in [0.1, 0.15) is 33.6 Å². The van der Waals surface area contributed by atoms with E-state index < -0.39 is 60.2 Å². The summed E-state index contributed by atoms with van der Waals surface area (Å²) in [5, 5.41) is 24.8. The summed E-state index contributed by atoms with van der Waals surface area (Å²) in [5.74, 6) is -5.31. The van der Waals surface area contributed by atoms with Crippen LogP contribution >= 0.6 is 12.6 Å². The maximum atomic E-state index is 12.6. The van der Waals surface area contributed by atoms with E-state index in [1.807, 2.05) is 13.8 Å². The molecule has 0 bridgehead atoms. The van der Waals surface area contributed by atoms with Crippen molar-refractivity contribution < 1.29 is 34.2 Å². The standard InChI is InChI=1S/C16H28N4O7S/c1-7(2)4-9(18-13(23)8(3)17)14(24)19-10(5-12(21)22)15(25)20-11(6-28)16(26)27/h7-11,28H,4-6,17H2,1-3H3,(H,18,23)(H,19,24)(H,20,25)(H,21,22)(H,26,27). The van der Waals surface area contributed by atoms with Crippen molar-refractivity contribution in [3.63, 3.8) is 0 Å². The summed E-state index contributed by atoms with van der Waals surface area (Å²) in [4.78, 5) is 58.7. The molecule has 4 unspecified atom stereocenters. The second kappa shape index (κ2) is 12.2. The zero-order valence-corrected chi connectivity index (χ0v) is 16.9. The van der Waals surface area contributed by atoms with E-state index in [1.54, 1.807) is 0 Å². The fourth-order valence-electron chi connectivity index (χ4n) is 2.12. The number of hydrogen-bond donors (Lipinski definition) is 7. The summed E-state index contributed by atoms with van der Waals surface area (Å²) < 4.78 is 0. The summed E-state index contributed by atoms with van der Waals surface area (Å²) in [7, 11) is 0. The van der Waals surface area contributed by atoms with E-state index in [1.165, 1.54) is 6.92 Å². The van der Waals surface area contributed by atoms with Gasteiger partial charge in [-0.3, -0.25) is 19.2 Å². The second-order valence-electron chi connectivity index (χ2n) is 6.72. The number of amides is 3. The minimum atomic E-state index is -1.53. The van der Waals surface area contributed by atoms with Crippen molar-refractivity contribution >= 4 is 42.3 Å². The van der Waals surface area contributed by atoms with Crippen molar-refractivity contribution in [2.75, 3.05) is 5.75 Å². The van der Waals surface area contributed by atoms with Crippen molar-refractivity contribution in [2.45, 2.75) is 57.8 Å². The average Bonchev–Trinajstić information content (AvgIpc) is 2.56. The van der Waals surface area contributed by atoms with Gasteiger partial charge in [-0.05, 0) is 19.3 Å². The Morgan fingerprint density at radius 1 is 0.857 bits per heavy atom. The number of hydrogen-bond acceptors (Lipinski definition) is 7. The predicted molar refractivity (Wildman–Crippen MR) is 103 cm³/mol. The molecule has 0 heterocycles. The van der Waals surface area contributed by atoms with Gasteiger partial charge in [0.1, 0.15) is 18.1 Å². The van der Waals surface area contributed by atoms with Crippen LogP contribution in [0.2, 0.25) is 0 Å². The van der Waals surface area contributed by atoms with Crippen LogP contribution in [-0.2, 0) is 24.0 Å². The Kier molecular flexibility index (Phi) is 11.2. The second-order valence-corrected chi connectivity index (χ2v) is 7.09. The number of rotatable bonds is 12. The van der Waals surface area contributed by atoms with E-state index in [0.29, 0.717) is 0 Å². The van der Waals surface area contributed by atoms with Crippen LogP contribution in [0.25, 0.3) is 0 Å². The molecule has 0 aromatic rings. The smallest absolute Gasteiger partial charge is 0.327 e. The van der Waals surface area contributed by atoms with E-state index in [4.69, 9.17) is 15.9 Å². The monoisotopic (exact) mass is 420 g/mol. The van der Waals surface area contributed by atoms with Crippen LogP contribution in [0.3, 0.4) is 0 Å². The molecule has 11 nitrogen and oxygen atoms in total. The van der Waals surface area contributed by atoms with Gasteiger partial charge in [-0.25, -0.2) is 4.79 Å². The minimum Gasteiger partial charge on any atom is -0.481 e. The van der Waals surface area contributed by atoms with E-state index >= 15 is 0 Å². The largest absolute Gasteiger partial charge is 0.481 e. The van der Waals surface area contributed by atoms with Gasteiger partial charge in [0, 0.05) is 5.75 Å². The number of nitrogens with two attached hydrogens (primary N) is 1. The molecule has 0 rings (SSSR count). The molecule has 0 fully saturated rings. The molecule has 0 radical (unpaired) electrons. The Hall–Kier alpha value is -2.34. The lowest BCUT2D eigenvalue weighted by Gasteiger charge is -2.24. The van der Waals surface area contributed by atoms with Gasteiger partial charge in [0.25, 0.3) is 0 Å². The van der Waals surface area contributed by atoms with Gasteiger partial charge >= 0.3 is 11.9 Å². The topological polar surface area (TPSA) is 188 Å². The molecule has 160 valence electrons. The Morgan fingerprint density at radius 2 is 1.32 bits per heavy atom. The minimum absolute atomic E-state index is 0.00328. The number of nitrogens with one attached hydrogen (secondary N) is 3. The molecular weight excluding hydrogens is 392 g/mol. The number of carbonyl (C=O) groups is 5. The molecule has 3 amide bonds. The predicted octanol–water partition coefficient (Wildman–Crippen LogP) is -1.68. The quantitative estimate of drug-likeness (QED) is 0.182. The molecule has 12 heteroatoms. The van der Waals surface area contributed by atoms with Crippen molar-refractivity contribution in [1.29, 1.82) is 0 Å². The fraction of sp³-hybridized carbons (Fsp3) is 0.688. The van der Waals surface area contributed by atoms with Gasteiger partial charge in [-0.1, -0.05) is 13.8 Å². The molecule has 7 N–H and O–H groups in total. The van der Waals surface area contributed by atoms with Crippen LogP contribution in [-0.4, -0.2) is 69.8 Å². The first-order chi connectivity index (χ1) is 12.9. The summed E-state index contributed by atoms with van der Waals surface area (Å²) >= 11 is 3.81. The fourth-order valence-corrected chi connectivity index (χ4v) is 2.37. The average molecular weight is 420 g/mol. The van der Waals surface area contributed by atoms with E-state index in [2.05, 4.69) is 28.6 Å². The summed E-state index contributed by atoms with van der Waals surface area (Å²) in [6.45, 7) is 5.05. The zero-order valence-electron chi connectivity index (χ0n) is 16.0. The highest BCUT2D eigenvalue weighted by Crippen LogP contribution is 2.07. The van der Waals surface area contributed by atoms with Crippen LogP contribution in [0.4, 0.5) is 0 Å². The van der Waals surface area contributed by atoms with Gasteiger partial charge in [0.2, 0.25) is 17.7 Å². The third-order valence-electron chi connectivity index (χ3n) is 3.56. The Balaban J connectivity index is 5.36. The zero-order chi connectivity index (χ0) is 22.0. The lowest BCUT2D eigenvalue weighted by Crippen LogP contribution is -2.57. The highest BCUT2D eigenvalue weighted by molar-refractivity contribution is 7.80. The van der Waals surface area contributed by atoms with Crippen molar-refractivity contribution in [2.24, 2.45) is 11.7 Å². The molecule has 0 aliphatic carbocycles. The number of carboxylic acids is 2. The summed E-state index contributed by atoms with van der Waals surface area (Å²) in [5.41, 5.74) is 5.48. The lowest BCUT2D eigenvalue weighted by atomic mass is 10.0. The van der Waals surface area contributed by atoms with E-state index in [9.17, 15) is 24.0 Å².